The van der Waals surface area contributed by atoms with Gasteiger partial charge < -0.3 is 0 Å². The summed E-state index contributed by atoms with van der Waals surface area (Å²) in [6, 6.07) is 2.78. The van der Waals surface area contributed by atoms with Crippen LogP contribution in [0.3, 0.4) is 0 Å². The Morgan fingerprint density at radius 2 is 0.741 bits per heavy atom. The van der Waals surface area contributed by atoms with Gasteiger partial charge in [-0.05, 0) is 76.0 Å². The maximum absolute atomic E-state index is 3.12. The molecule has 27 heavy (non-hydrogen) atoms. The SMILES string of the molecule is C(=CC1CCC(N(C2CCCCC2)C2CCCCC2)CC1)C1CCCCC1. The van der Waals surface area contributed by atoms with Gasteiger partial charge in [-0.2, -0.15) is 0 Å². The van der Waals surface area contributed by atoms with Crippen molar-refractivity contribution in [2.75, 3.05) is 0 Å². The van der Waals surface area contributed by atoms with Crippen molar-refractivity contribution in [2.24, 2.45) is 11.8 Å². The van der Waals surface area contributed by atoms with Crippen LogP contribution in [0.15, 0.2) is 12.2 Å². The van der Waals surface area contributed by atoms with E-state index in [1.54, 1.807) is 0 Å². The predicted molar refractivity (Wildman–Crippen MR) is 117 cm³/mol. The number of allylic oxidation sites excluding steroid dienone is 2. The Bertz CT molecular complexity index is 411. The second-order valence-electron chi connectivity index (χ2n) is 10.4. The van der Waals surface area contributed by atoms with Gasteiger partial charge in [0.25, 0.3) is 0 Å². The summed E-state index contributed by atoms with van der Waals surface area (Å²) in [5, 5.41) is 0. The van der Waals surface area contributed by atoms with Crippen LogP contribution < -0.4 is 0 Å². The Balaban J connectivity index is 1.32. The third kappa shape index (κ3) is 5.62. The predicted octanol–water partition coefficient (Wildman–Crippen LogP) is 7.65. The van der Waals surface area contributed by atoms with Gasteiger partial charge in [-0.3, -0.25) is 4.90 Å². The van der Waals surface area contributed by atoms with Crippen LogP contribution in [0.25, 0.3) is 0 Å². The van der Waals surface area contributed by atoms with E-state index in [2.05, 4.69) is 17.1 Å². The lowest BCUT2D eigenvalue weighted by Crippen LogP contribution is -2.51. The van der Waals surface area contributed by atoms with Gasteiger partial charge in [0.15, 0.2) is 0 Å². The summed E-state index contributed by atoms with van der Waals surface area (Å²) >= 11 is 0. The van der Waals surface area contributed by atoms with E-state index in [1.165, 1.54) is 122 Å². The zero-order valence-corrected chi connectivity index (χ0v) is 17.9. The quantitative estimate of drug-likeness (QED) is 0.448. The second kappa shape index (κ2) is 10.5. The standard InChI is InChI=1S/C26H45N/c1-4-10-22(11-5-1)16-17-23-18-20-26(21-19-23)27(24-12-6-2-7-13-24)25-14-8-3-9-15-25/h16-17,22-26H,1-15,18-21H2. The van der Waals surface area contributed by atoms with E-state index in [1.807, 2.05) is 0 Å². The van der Waals surface area contributed by atoms with Gasteiger partial charge in [-0.1, -0.05) is 69.9 Å². The lowest BCUT2D eigenvalue weighted by molar-refractivity contribution is 0.0182. The molecule has 1 heteroatoms. The van der Waals surface area contributed by atoms with Crippen molar-refractivity contribution in [3.63, 3.8) is 0 Å². The van der Waals surface area contributed by atoms with Gasteiger partial charge in [0.1, 0.15) is 0 Å². The molecule has 0 spiro atoms. The van der Waals surface area contributed by atoms with Gasteiger partial charge in [0.05, 0.1) is 0 Å². The van der Waals surface area contributed by atoms with Crippen molar-refractivity contribution >= 4 is 0 Å². The van der Waals surface area contributed by atoms with Crippen LogP contribution in [0.1, 0.15) is 122 Å². The van der Waals surface area contributed by atoms with Gasteiger partial charge in [0.2, 0.25) is 0 Å². The third-order valence-electron chi connectivity index (χ3n) is 8.46. The Morgan fingerprint density at radius 3 is 1.22 bits per heavy atom. The molecule has 0 unspecified atom stereocenters. The van der Waals surface area contributed by atoms with Crippen molar-refractivity contribution in [2.45, 2.75) is 140 Å². The monoisotopic (exact) mass is 371 g/mol. The van der Waals surface area contributed by atoms with Crippen LogP contribution in [-0.4, -0.2) is 23.0 Å². The van der Waals surface area contributed by atoms with E-state index in [9.17, 15) is 0 Å². The molecule has 0 bridgehead atoms. The summed E-state index contributed by atoms with van der Waals surface area (Å²) in [5.41, 5.74) is 0. The van der Waals surface area contributed by atoms with Gasteiger partial charge in [-0.15, -0.1) is 0 Å². The Labute approximate surface area is 169 Å². The first-order chi connectivity index (χ1) is 13.4. The fourth-order valence-electron chi connectivity index (χ4n) is 6.89. The van der Waals surface area contributed by atoms with Crippen LogP contribution in [-0.2, 0) is 0 Å². The zero-order valence-electron chi connectivity index (χ0n) is 17.9. The molecule has 0 N–H and O–H groups in total. The molecule has 0 amide bonds. The molecule has 0 aliphatic heterocycles. The molecule has 0 heterocycles. The van der Waals surface area contributed by atoms with Crippen molar-refractivity contribution < 1.29 is 0 Å². The first-order valence-electron chi connectivity index (χ1n) is 12.9. The average molecular weight is 372 g/mol. The van der Waals surface area contributed by atoms with E-state index in [0.717, 1.165) is 30.0 Å². The zero-order chi connectivity index (χ0) is 18.3. The Kier molecular flexibility index (Phi) is 7.75. The lowest BCUT2D eigenvalue weighted by atomic mass is 9.80. The number of rotatable bonds is 5. The number of hydrogen-bond donors (Lipinski definition) is 0. The highest BCUT2D eigenvalue weighted by molar-refractivity contribution is 4.98. The van der Waals surface area contributed by atoms with Crippen molar-refractivity contribution in [3.8, 4) is 0 Å². The summed E-state index contributed by atoms with van der Waals surface area (Å²) in [5.74, 6) is 1.81. The van der Waals surface area contributed by atoms with E-state index >= 15 is 0 Å². The average Bonchev–Trinajstić information content (AvgIpc) is 2.76. The molecule has 1 nitrogen and oxygen atoms in total. The number of hydrogen-bond acceptors (Lipinski definition) is 1. The Hall–Kier alpha value is -0.300. The molecular weight excluding hydrogens is 326 g/mol. The molecule has 4 fully saturated rings. The molecule has 154 valence electrons. The Morgan fingerprint density at radius 1 is 0.370 bits per heavy atom. The molecule has 4 saturated carbocycles. The largest absolute Gasteiger partial charge is 0.294 e. The first kappa shape index (κ1) is 20.0. The number of nitrogens with zero attached hydrogens (tertiary/aromatic N) is 1. The van der Waals surface area contributed by atoms with Crippen LogP contribution in [0.4, 0.5) is 0 Å². The molecule has 0 aromatic carbocycles. The fourth-order valence-corrected chi connectivity index (χ4v) is 6.89. The van der Waals surface area contributed by atoms with Crippen LogP contribution in [0.2, 0.25) is 0 Å². The second-order valence-corrected chi connectivity index (χ2v) is 10.4. The van der Waals surface area contributed by atoms with Crippen molar-refractivity contribution in [1.29, 1.82) is 0 Å². The van der Waals surface area contributed by atoms with Crippen LogP contribution in [0.5, 0.6) is 0 Å². The smallest absolute Gasteiger partial charge is 0.0102 e. The summed E-state index contributed by atoms with van der Waals surface area (Å²) in [6.45, 7) is 0. The lowest BCUT2D eigenvalue weighted by Gasteiger charge is -2.48. The van der Waals surface area contributed by atoms with E-state index < -0.39 is 0 Å². The van der Waals surface area contributed by atoms with Gasteiger partial charge >= 0.3 is 0 Å². The minimum absolute atomic E-state index is 0.891. The highest BCUT2D eigenvalue weighted by Gasteiger charge is 2.35. The summed E-state index contributed by atoms with van der Waals surface area (Å²) in [4.78, 5) is 3.12. The maximum atomic E-state index is 3.12. The highest BCUT2D eigenvalue weighted by atomic mass is 15.2. The van der Waals surface area contributed by atoms with Gasteiger partial charge in [-0.25, -0.2) is 0 Å². The molecule has 0 aromatic rings. The normalized spacial score (nSPS) is 33.1. The molecule has 4 aliphatic rings. The first-order valence-corrected chi connectivity index (χ1v) is 12.9. The highest BCUT2D eigenvalue weighted by Crippen LogP contribution is 2.37. The van der Waals surface area contributed by atoms with Gasteiger partial charge in [0, 0.05) is 18.1 Å². The van der Waals surface area contributed by atoms with Crippen molar-refractivity contribution in [1.82, 2.24) is 4.90 Å². The molecule has 4 aliphatic carbocycles. The van der Waals surface area contributed by atoms with E-state index in [-0.39, 0.29) is 0 Å². The molecule has 4 rings (SSSR count). The van der Waals surface area contributed by atoms with Crippen LogP contribution in [0, 0.1) is 11.8 Å². The molecule has 0 radical (unpaired) electrons. The fraction of sp³-hybridized carbons (Fsp3) is 0.923. The molecular formula is C26H45N. The van der Waals surface area contributed by atoms with E-state index in [0.29, 0.717) is 0 Å². The van der Waals surface area contributed by atoms with Crippen molar-refractivity contribution in [3.05, 3.63) is 12.2 Å². The summed E-state index contributed by atoms with van der Waals surface area (Å²) in [6.07, 6.45) is 33.5. The summed E-state index contributed by atoms with van der Waals surface area (Å²) < 4.78 is 0. The molecule has 0 saturated heterocycles. The topological polar surface area (TPSA) is 3.24 Å². The maximum Gasteiger partial charge on any atom is 0.0102 e. The van der Waals surface area contributed by atoms with E-state index in [4.69, 9.17) is 0 Å². The minimum atomic E-state index is 0.891. The molecule has 0 atom stereocenters. The molecule has 0 aromatic heterocycles. The third-order valence-corrected chi connectivity index (χ3v) is 8.46. The summed E-state index contributed by atoms with van der Waals surface area (Å²) in [7, 11) is 0. The minimum Gasteiger partial charge on any atom is -0.294 e. The van der Waals surface area contributed by atoms with Crippen LogP contribution >= 0.6 is 0 Å².